The first-order valence-corrected chi connectivity index (χ1v) is 28.8. The van der Waals surface area contributed by atoms with Crippen LogP contribution in [0.3, 0.4) is 0 Å². The molecule has 15 N–H and O–H groups in total. The van der Waals surface area contributed by atoms with Gasteiger partial charge in [-0.05, 0) is 59.7 Å². The summed E-state index contributed by atoms with van der Waals surface area (Å²) in [5.74, 6) is -8.27. The van der Waals surface area contributed by atoms with Gasteiger partial charge in [0.2, 0.25) is 5.79 Å². The molecule has 0 aromatic heterocycles. The highest BCUT2D eigenvalue weighted by Crippen LogP contribution is 2.43. The van der Waals surface area contributed by atoms with E-state index < -0.39 is 210 Å². The molecule has 3 aromatic carbocycles. The van der Waals surface area contributed by atoms with Crippen LogP contribution >= 0.6 is 0 Å². The van der Waals surface area contributed by atoms with Gasteiger partial charge in [0.1, 0.15) is 117 Å². The molecule has 8 rings (SSSR count). The van der Waals surface area contributed by atoms with Crippen molar-refractivity contribution in [3.63, 3.8) is 0 Å². The van der Waals surface area contributed by atoms with Crippen molar-refractivity contribution in [2.45, 2.75) is 154 Å². The van der Waals surface area contributed by atoms with Gasteiger partial charge in [-0.15, -0.1) is 0 Å². The number of carbonyl (C=O) groups excluding carboxylic acids is 4. The zero-order chi connectivity index (χ0) is 67.6. The number of hydrogen-bond acceptors (Lipinski definition) is 34. The monoisotopic (exact) mass is 1330 g/mol. The predicted octanol–water partition coefficient (Wildman–Crippen LogP) is -5.53. The molecule has 0 saturated carbocycles. The number of aliphatic hydroxyl groups is 13. The quantitative estimate of drug-likeness (QED) is 0.0214. The van der Waals surface area contributed by atoms with Gasteiger partial charge in [0.15, 0.2) is 60.4 Å². The third-order valence-corrected chi connectivity index (χ3v) is 15.5. The second-order valence-electron chi connectivity index (χ2n) is 21.7. The number of ether oxygens (including phenoxy) is 15. The SMILES string of the molecule is COc1cc(/C=C/C(=O)OC[C@@]2(O[C@H]3O[C@H](CO)[C@@H](OC(=O)/C=C/c4ccc(O)c(OC)c4)[C@H](O[C@H]4O[C@H](COC(C)=O)[C@@H](O)[C@H](O[C@H]5O[C@H](CO)[C@@H](O)[C@H](O)[C@H]5O)[C@H]4O)[C@H]3O[C@@H]3O[C@H](CO)[C@@H](O)[C@H](O)[C@H]3O)O[C@H](CO)[C@@H](O)[C@@H]2OC(=O)c2ccccc2)ccc1O. The minimum Gasteiger partial charge on any atom is -0.504 e. The average Bonchev–Trinajstić information content (AvgIpc) is 1.72. The Labute approximate surface area is 527 Å². The van der Waals surface area contributed by atoms with Crippen LogP contribution in [0.4, 0.5) is 0 Å². The van der Waals surface area contributed by atoms with Gasteiger partial charge < -0.3 is 148 Å². The zero-order valence-electron chi connectivity index (χ0n) is 49.6. The minimum absolute atomic E-state index is 0.00886. The maximum absolute atomic E-state index is 14.3. The van der Waals surface area contributed by atoms with Crippen LogP contribution < -0.4 is 9.47 Å². The smallest absolute Gasteiger partial charge is 0.338 e. The summed E-state index contributed by atoms with van der Waals surface area (Å²) in [7, 11) is 2.52. The lowest BCUT2D eigenvalue weighted by Crippen LogP contribution is -2.69. The van der Waals surface area contributed by atoms with Crippen LogP contribution in [-0.2, 0) is 76.0 Å². The third-order valence-electron chi connectivity index (χ3n) is 15.5. The summed E-state index contributed by atoms with van der Waals surface area (Å²) in [5, 5.41) is 165. The number of phenols is 2. The average molecular weight is 1330 g/mol. The Kier molecular flexibility index (Phi) is 25.0. The van der Waals surface area contributed by atoms with E-state index in [4.69, 9.17) is 71.1 Å². The molecule has 5 saturated heterocycles. The fourth-order valence-electron chi connectivity index (χ4n) is 10.6. The summed E-state index contributed by atoms with van der Waals surface area (Å²) in [4.78, 5) is 54.5. The molecule has 34 heteroatoms. The molecule has 0 unspecified atom stereocenters. The molecule has 5 fully saturated rings. The number of esters is 4. The Balaban J connectivity index is 1.28. The maximum Gasteiger partial charge on any atom is 0.338 e. The highest BCUT2D eigenvalue weighted by Gasteiger charge is 2.64. The number of aromatic hydroxyl groups is 2. The number of phenolic OH excluding ortho intramolecular Hbond substituents is 2. The van der Waals surface area contributed by atoms with Crippen LogP contribution in [0.2, 0.25) is 0 Å². The second-order valence-corrected chi connectivity index (χ2v) is 21.7. The third kappa shape index (κ3) is 16.7. The fourth-order valence-corrected chi connectivity index (χ4v) is 10.6. The number of methoxy groups -OCH3 is 2. The highest BCUT2D eigenvalue weighted by molar-refractivity contribution is 5.90. The highest BCUT2D eigenvalue weighted by atomic mass is 16.8. The molecule has 0 spiro atoms. The maximum atomic E-state index is 14.3. The second kappa shape index (κ2) is 32.2. The minimum atomic E-state index is -3.00. The van der Waals surface area contributed by atoms with Crippen molar-refractivity contribution in [2.75, 3.05) is 53.9 Å². The Hall–Kier alpha value is -6.66. The van der Waals surface area contributed by atoms with E-state index >= 15 is 0 Å². The fraction of sp³-hybridized carbons (Fsp3) is 0.559. The van der Waals surface area contributed by atoms with Crippen molar-refractivity contribution in [3.8, 4) is 23.0 Å². The molecule has 5 aliphatic heterocycles. The molecule has 5 aliphatic rings. The summed E-state index contributed by atoms with van der Waals surface area (Å²) in [6.07, 6.45) is -45.6. The Morgan fingerprint density at radius 3 is 1.52 bits per heavy atom. The first-order chi connectivity index (χ1) is 44.4. The van der Waals surface area contributed by atoms with Gasteiger partial charge in [-0.3, -0.25) is 4.79 Å². The summed E-state index contributed by atoms with van der Waals surface area (Å²) in [6.45, 7) is -5.65. The van der Waals surface area contributed by atoms with E-state index in [0.717, 1.165) is 19.1 Å². The largest absolute Gasteiger partial charge is 0.504 e. The Morgan fingerprint density at radius 1 is 0.495 bits per heavy atom. The lowest BCUT2D eigenvalue weighted by atomic mass is 9.95. The van der Waals surface area contributed by atoms with Crippen molar-refractivity contribution < 1.29 is 167 Å². The predicted molar refractivity (Wildman–Crippen MR) is 301 cm³/mol. The normalized spacial score (nSPS) is 36.3. The molecular formula is C59H74O34. The van der Waals surface area contributed by atoms with Gasteiger partial charge in [0, 0.05) is 19.1 Å². The molecule has 0 amide bonds. The summed E-state index contributed by atoms with van der Waals surface area (Å²) in [6, 6.07) is 14.9. The summed E-state index contributed by atoms with van der Waals surface area (Å²) < 4.78 is 88.1. The van der Waals surface area contributed by atoms with Crippen molar-refractivity contribution >= 4 is 36.0 Å². The lowest BCUT2D eigenvalue weighted by Gasteiger charge is -2.51. The number of hydrogen-bond donors (Lipinski definition) is 15. The van der Waals surface area contributed by atoms with Crippen LogP contribution in [-0.4, -0.2) is 301 Å². The molecule has 0 aliphatic carbocycles. The van der Waals surface area contributed by atoms with Gasteiger partial charge in [0.05, 0.1) is 46.2 Å². The van der Waals surface area contributed by atoms with Crippen LogP contribution in [0, 0.1) is 0 Å². The van der Waals surface area contributed by atoms with E-state index in [0.29, 0.717) is 0 Å². The van der Waals surface area contributed by atoms with Crippen LogP contribution in [0.5, 0.6) is 23.0 Å². The van der Waals surface area contributed by atoms with E-state index in [9.17, 15) is 95.8 Å². The molecule has 0 radical (unpaired) electrons. The standard InChI is InChI=1S/C59H74O34/c1-25(64)81-23-37-42(71)50(88-55-46(75)44(73)40(69)33(19-60)83-55)48(77)57(86-37)89-51-49(87-39(68)16-12-27-10-14-30(66)32(18-27)80-3)36(22-63)85-58(52(51)90-56-47(76)45(74)41(70)34(20-61)84-56)93-59(24-82-38(67)15-11-26-9-13-29(65)31(17-26)79-2)53(43(72)35(21-62)92-59)91-54(78)28-7-5-4-6-8-28/h4-18,33-37,40-53,55-58,60-63,65-66,69-77H,19-24H2,1-3H3/b15-11+,16-12+/t33-,34-,35-,36-,37-,40-,41-,42-,43-,44+,45+,46-,47-,48-,49-,50+,51+,52-,53+,55-,56+,57-,58-,59+/m1/s1. The Morgan fingerprint density at radius 2 is 0.989 bits per heavy atom. The first kappa shape index (κ1) is 72.2. The zero-order valence-corrected chi connectivity index (χ0v) is 49.6. The molecule has 93 heavy (non-hydrogen) atoms. The van der Waals surface area contributed by atoms with Gasteiger partial charge >= 0.3 is 23.9 Å². The van der Waals surface area contributed by atoms with E-state index in [-0.39, 0.29) is 39.7 Å². The van der Waals surface area contributed by atoms with Crippen molar-refractivity contribution in [2.24, 2.45) is 0 Å². The number of benzene rings is 3. The summed E-state index contributed by atoms with van der Waals surface area (Å²) >= 11 is 0. The molecule has 24 atom stereocenters. The number of carbonyl (C=O) groups is 4. The topological polar surface area (TPSA) is 510 Å². The van der Waals surface area contributed by atoms with Crippen LogP contribution in [0.15, 0.2) is 78.9 Å². The molecule has 34 nitrogen and oxygen atoms in total. The van der Waals surface area contributed by atoms with Crippen molar-refractivity contribution in [1.82, 2.24) is 0 Å². The number of aliphatic hydroxyl groups excluding tert-OH is 13. The molecule has 5 heterocycles. The van der Waals surface area contributed by atoms with Crippen molar-refractivity contribution in [3.05, 3.63) is 95.6 Å². The molecule has 3 aromatic rings. The van der Waals surface area contributed by atoms with E-state index in [1.54, 1.807) is 6.07 Å². The van der Waals surface area contributed by atoms with Gasteiger partial charge in [-0.2, -0.15) is 0 Å². The van der Waals surface area contributed by atoms with Crippen LogP contribution in [0.25, 0.3) is 12.2 Å². The number of rotatable bonds is 25. The van der Waals surface area contributed by atoms with Gasteiger partial charge in [-0.25, -0.2) is 14.4 Å². The van der Waals surface area contributed by atoms with Crippen LogP contribution in [0.1, 0.15) is 28.4 Å². The first-order valence-electron chi connectivity index (χ1n) is 28.8. The lowest BCUT2D eigenvalue weighted by molar-refractivity contribution is -0.423. The molecular weight excluding hydrogens is 1250 g/mol. The molecule has 0 bridgehead atoms. The van der Waals surface area contributed by atoms with Crippen molar-refractivity contribution in [1.29, 1.82) is 0 Å². The van der Waals surface area contributed by atoms with E-state index in [1.807, 2.05) is 0 Å². The summed E-state index contributed by atoms with van der Waals surface area (Å²) in [5.41, 5.74) is 0.343. The Bertz CT molecular complexity index is 3020. The molecule has 514 valence electrons. The van der Waals surface area contributed by atoms with E-state index in [2.05, 4.69) is 0 Å². The van der Waals surface area contributed by atoms with E-state index in [1.165, 1.54) is 87.0 Å². The van der Waals surface area contributed by atoms with Gasteiger partial charge in [0.25, 0.3) is 0 Å². The van der Waals surface area contributed by atoms with Gasteiger partial charge in [-0.1, -0.05) is 30.3 Å².